The van der Waals surface area contributed by atoms with Gasteiger partial charge in [-0.25, -0.2) is 4.39 Å². The monoisotopic (exact) mass is 416 g/mol. The molecule has 3 rings (SSSR count). The summed E-state index contributed by atoms with van der Waals surface area (Å²) in [4.78, 5) is 39.0. The molecule has 1 aliphatic rings. The zero-order chi connectivity index (χ0) is 20.1. The van der Waals surface area contributed by atoms with Gasteiger partial charge in [0.1, 0.15) is 5.82 Å². The zero-order valence-electron chi connectivity index (χ0n) is 15.0. The summed E-state index contributed by atoms with van der Waals surface area (Å²) in [7, 11) is 0. The van der Waals surface area contributed by atoms with Crippen LogP contribution < -0.4 is 5.32 Å². The van der Waals surface area contributed by atoms with Crippen LogP contribution in [0.5, 0.6) is 0 Å². The first-order valence-electron chi connectivity index (χ1n) is 8.42. The van der Waals surface area contributed by atoms with Crippen LogP contribution in [-0.2, 0) is 4.79 Å². The van der Waals surface area contributed by atoms with Gasteiger partial charge in [0.05, 0.1) is 10.5 Å². The minimum atomic E-state index is -0.489. The SMILES string of the molecule is CSc1ccccc1C(=O)NCCN1C(=O)S/C(=C\c2ccccc2F)C1=O. The van der Waals surface area contributed by atoms with Gasteiger partial charge in [0, 0.05) is 23.5 Å². The van der Waals surface area contributed by atoms with Crippen LogP contribution in [0.2, 0.25) is 0 Å². The smallest absolute Gasteiger partial charge is 0.293 e. The molecule has 2 aromatic rings. The van der Waals surface area contributed by atoms with Crippen molar-refractivity contribution in [2.75, 3.05) is 19.3 Å². The van der Waals surface area contributed by atoms with E-state index in [9.17, 15) is 18.8 Å². The lowest BCUT2D eigenvalue weighted by molar-refractivity contribution is -0.122. The normalized spacial score (nSPS) is 15.4. The van der Waals surface area contributed by atoms with Crippen molar-refractivity contribution in [2.45, 2.75) is 4.90 Å². The molecule has 0 spiro atoms. The number of imide groups is 1. The molecule has 1 fully saturated rings. The average Bonchev–Trinajstić information content (AvgIpc) is 2.97. The number of hydrogen-bond donors (Lipinski definition) is 1. The van der Waals surface area contributed by atoms with E-state index in [1.54, 1.807) is 24.3 Å². The topological polar surface area (TPSA) is 66.5 Å². The maximum Gasteiger partial charge on any atom is 0.293 e. The standard InChI is InChI=1S/C20H17FN2O3S2/c1-27-16-9-5-3-7-14(16)18(24)22-10-11-23-19(25)17(28-20(23)26)12-13-6-2-4-8-15(13)21/h2-9,12H,10-11H2,1H3,(H,22,24)/b17-12-. The molecular weight excluding hydrogens is 399 g/mol. The molecule has 1 heterocycles. The lowest BCUT2D eigenvalue weighted by atomic mass is 10.2. The molecule has 1 aliphatic heterocycles. The van der Waals surface area contributed by atoms with E-state index in [1.165, 1.54) is 30.0 Å². The number of rotatable bonds is 6. The highest BCUT2D eigenvalue weighted by Crippen LogP contribution is 2.32. The van der Waals surface area contributed by atoms with Crippen LogP contribution >= 0.6 is 23.5 Å². The quantitative estimate of drug-likeness (QED) is 0.569. The van der Waals surface area contributed by atoms with Crippen molar-refractivity contribution >= 4 is 46.7 Å². The molecule has 0 unspecified atom stereocenters. The molecule has 0 aromatic heterocycles. The van der Waals surface area contributed by atoms with Gasteiger partial charge in [0.25, 0.3) is 17.1 Å². The minimum absolute atomic E-state index is 0.0481. The van der Waals surface area contributed by atoms with Crippen molar-refractivity contribution in [1.29, 1.82) is 0 Å². The van der Waals surface area contributed by atoms with E-state index in [1.807, 2.05) is 18.4 Å². The molecule has 28 heavy (non-hydrogen) atoms. The second-order valence-electron chi connectivity index (χ2n) is 5.81. The highest BCUT2D eigenvalue weighted by atomic mass is 32.2. The fourth-order valence-electron chi connectivity index (χ4n) is 2.63. The van der Waals surface area contributed by atoms with Crippen LogP contribution in [0.25, 0.3) is 6.08 Å². The molecular formula is C20H17FN2O3S2. The second-order valence-corrected chi connectivity index (χ2v) is 7.65. The van der Waals surface area contributed by atoms with E-state index < -0.39 is 17.0 Å². The Morgan fingerprint density at radius 1 is 1.18 bits per heavy atom. The summed E-state index contributed by atoms with van der Waals surface area (Å²) in [6, 6.07) is 13.2. The van der Waals surface area contributed by atoms with E-state index >= 15 is 0 Å². The number of nitrogens with zero attached hydrogens (tertiary/aromatic N) is 1. The van der Waals surface area contributed by atoms with Gasteiger partial charge in [-0.1, -0.05) is 30.3 Å². The van der Waals surface area contributed by atoms with E-state index in [4.69, 9.17) is 0 Å². The third-order valence-electron chi connectivity index (χ3n) is 4.04. The molecule has 1 saturated heterocycles. The Morgan fingerprint density at radius 2 is 1.89 bits per heavy atom. The van der Waals surface area contributed by atoms with Crippen LogP contribution in [0.15, 0.2) is 58.3 Å². The Balaban J connectivity index is 1.62. The Hall–Kier alpha value is -2.58. The first kappa shape index (κ1) is 20.2. The summed E-state index contributed by atoms with van der Waals surface area (Å²) in [6.45, 7) is 0.180. The van der Waals surface area contributed by atoms with Gasteiger partial charge in [-0.15, -0.1) is 11.8 Å². The number of carbonyl (C=O) groups is 3. The Bertz CT molecular complexity index is 962. The van der Waals surface area contributed by atoms with Crippen LogP contribution in [0.4, 0.5) is 9.18 Å². The number of benzene rings is 2. The lowest BCUT2D eigenvalue weighted by Crippen LogP contribution is -2.37. The van der Waals surface area contributed by atoms with Crippen molar-refractivity contribution < 1.29 is 18.8 Å². The minimum Gasteiger partial charge on any atom is -0.350 e. The molecule has 8 heteroatoms. The van der Waals surface area contributed by atoms with Gasteiger partial charge in [0.2, 0.25) is 0 Å². The predicted octanol–water partition coefficient (Wildman–Crippen LogP) is 4.01. The van der Waals surface area contributed by atoms with E-state index in [2.05, 4.69) is 5.32 Å². The predicted molar refractivity (Wildman–Crippen MR) is 110 cm³/mol. The maximum absolute atomic E-state index is 13.8. The molecule has 1 N–H and O–H groups in total. The number of nitrogens with one attached hydrogen (secondary N) is 1. The molecule has 144 valence electrons. The summed E-state index contributed by atoms with van der Waals surface area (Å²) >= 11 is 2.23. The van der Waals surface area contributed by atoms with E-state index in [0.717, 1.165) is 21.6 Å². The molecule has 3 amide bonds. The van der Waals surface area contributed by atoms with E-state index in [-0.39, 0.29) is 29.5 Å². The van der Waals surface area contributed by atoms with Crippen molar-refractivity contribution in [2.24, 2.45) is 0 Å². The zero-order valence-corrected chi connectivity index (χ0v) is 16.6. The van der Waals surface area contributed by atoms with Crippen molar-refractivity contribution in [1.82, 2.24) is 10.2 Å². The van der Waals surface area contributed by atoms with Crippen molar-refractivity contribution in [3.8, 4) is 0 Å². The fourth-order valence-corrected chi connectivity index (χ4v) is 4.09. The third kappa shape index (κ3) is 4.45. The molecule has 0 bridgehead atoms. The molecule has 0 aliphatic carbocycles. The summed E-state index contributed by atoms with van der Waals surface area (Å²) in [5.74, 6) is -1.22. The molecule has 0 radical (unpaired) electrons. The first-order valence-corrected chi connectivity index (χ1v) is 10.5. The Kier molecular flexibility index (Phi) is 6.53. The summed E-state index contributed by atoms with van der Waals surface area (Å²) in [5, 5.41) is 2.29. The van der Waals surface area contributed by atoms with Gasteiger partial charge in [-0.3, -0.25) is 19.3 Å². The Labute approximate surface area is 170 Å². The van der Waals surface area contributed by atoms with Crippen molar-refractivity contribution in [3.63, 3.8) is 0 Å². The number of thioether (sulfide) groups is 2. The van der Waals surface area contributed by atoms with Gasteiger partial charge in [-0.05, 0) is 42.3 Å². The average molecular weight is 416 g/mol. The number of hydrogen-bond acceptors (Lipinski definition) is 5. The highest BCUT2D eigenvalue weighted by Gasteiger charge is 2.34. The summed E-state index contributed by atoms with van der Waals surface area (Å²) in [5.41, 5.74) is 0.790. The third-order valence-corrected chi connectivity index (χ3v) is 5.74. The number of halogens is 1. The van der Waals surface area contributed by atoms with Gasteiger partial charge >= 0.3 is 0 Å². The van der Waals surface area contributed by atoms with E-state index in [0.29, 0.717) is 5.56 Å². The summed E-state index contributed by atoms with van der Waals surface area (Å²) < 4.78 is 13.8. The van der Waals surface area contributed by atoms with Gasteiger partial charge in [0.15, 0.2) is 0 Å². The Morgan fingerprint density at radius 3 is 2.64 bits per heavy atom. The van der Waals surface area contributed by atoms with Crippen LogP contribution in [0, 0.1) is 5.82 Å². The molecule has 0 saturated carbocycles. The highest BCUT2D eigenvalue weighted by molar-refractivity contribution is 8.18. The maximum atomic E-state index is 13.8. The first-order chi connectivity index (χ1) is 13.5. The van der Waals surface area contributed by atoms with Gasteiger partial charge in [-0.2, -0.15) is 0 Å². The van der Waals surface area contributed by atoms with Gasteiger partial charge < -0.3 is 5.32 Å². The van der Waals surface area contributed by atoms with Crippen molar-refractivity contribution in [3.05, 3.63) is 70.4 Å². The largest absolute Gasteiger partial charge is 0.350 e. The number of amides is 3. The number of carbonyl (C=O) groups excluding carboxylic acids is 3. The molecule has 5 nitrogen and oxygen atoms in total. The van der Waals surface area contributed by atoms with Crippen LogP contribution in [0.1, 0.15) is 15.9 Å². The second kappa shape index (κ2) is 9.07. The molecule has 2 aromatic carbocycles. The van der Waals surface area contributed by atoms with Crippen LogP contribution in [-0.4, -0.2) is 41.3 Å². The molecule has 0 atom stereocenters. The fraction of sp³-hybridized carbons (Fsp3) is 0.150. The van der Waals surface area contributed by atoms with Crippen LogP contribution in [0.3, 0.4) is 0 Å². The summed E-state index contributed by atoms with van der Waals surface area (Å²) in [6.07, 6.45) is 3.25. The lowest BCUT2D eigenvalue weighted by Gasteiger charge is -2.13.